The second-order valence-corrected chi connectivity index (χ2v) is 6.58. The summed E-state index contributed by atoms with van der Waals surface area (Å²) in [6, 6.07) is 14.3. The molecule has 0 spiro atoms. The number of nitrogens with zero attached hydrogens (tertiary/aromatic N) is 1. The fourth-order valence-corrected chi connectivity index (χ4v) is 3.34. The molecule has 25 heavy (non-hydrogen) atoms. The van der Waals surface area contributed by atoms with Crippen LogP contribution in [0.2, 0.25) is 0 Å². The van der Waals surface area contributed by atoms with E-state index in [1.165, 1.54) is 23.8 Å². The first-order valence-corrected chi connectivity index (χ1v) is 8.75. The Balaban J connectivity index is 1.44. The molecule has 2 aromatic rings. The van der Waals surface area contributed by atoms with E-state index >= 15 is 0 Å². The Hall–Kier alpha value is -1.82. The summed E-state index contributed by atoms with van der Waals surface area (Å²) in [5, 5.41) is 13.3. The maximum absolute atomic E-state index is 13.7. The van der Waals surface area contributed by atoms with Crippen molar-refractivity contribution >= 4 is 0 Å². The number of likely N-dealkylation sites (tertiary alicyclic amines) is 1. The molecule has 5 heteroatoms. The van der Waals surface area contributed by atoms with Crippen molar-refractivity contribution in [3.63, 3.8) is 0 Å². The third-order valence-corrected chi connectivity index (χ3v) is 4.76. The highest BCUT2D eigenvalue weighted by atomic mass is 19.1. The summed E-state index contributed by atoms with van der Waals surface area (Å²) in [6.07, 6.45) is 0.803. The number of aliphatic hydroxyl groups excluding tert-OH is 1. The standard InChI is InChI=1S/C20H24F2N2O/c21-17-7-4-8-18(22)20(17)19(25)13-23-16-10-12-24(14-16)11-9-15-5-2-1-3-6-15/h1-8,16,19,23,25H,9-14H2. The molecule has 0 aromatic heterocycles. The van der Waals surface area contributed by atoms with E-state index in [0.29, 0.717) is 0 Å². The van der Waals surface area contributed by atoms with Crippen LogP contribution >= 0.6 is 0 Å². The molecule has 0 bridgehead atoms. The Labute approximate surface area is 147 Å². The van der Waals surface area contributed by atoms with Gasteiger partial charge in [-0.1, -0.05) is 36.4 Å². The molecule has 1 aliphatic heterocycles. The van der Waals surface area contributed by atoms with E-state index in [4.69, 9.17) is 0 Å². The second kappa shape index (κ2) is 8.52. The molecule has 2 aromatic carbocycles. The summed E-state index contributed by atoms with van der Waals surface area (Å²) >= 11 is 0. The Morgan fingerprint density at radius 2 is 1.80 bits per heavy atom. The minimum atomic E-state index is -1.18. The van der Waals surface area contributed by atoms with Crippen molar-refractivity contribution in [3.8, 4) is 0 Å². The van der Waals surface area contributed by atoms with Crippen LogP contribution < -0.4 is 5.32 Å². The lowest BCUT2D eigenvalue weighted by molar-refractivity contribution is 0.160. The van der Waals surface area contributed by atoms with Gasteiger partial charge in [0.1, 0.15) is 11.6 Å². The van der Waals surface area contributed by atoms with Crippen molar-refractivity contribution < 1.29 is 13.9 Å². The molecule has 1 fully saturated rings. The van der Waals surface area contributed by atoms with Crippen LogP contribution in [-0.2, 0) is 6.42 Å². The number of hydrogen-bond acceptors (Lipinski definition) is 3. The second-order valence-electron chi connectivity index (χ2n) is 6.58. The van der Waals surface area contributed by atoms with Gasteiger partial charge in [-0.15, -0.1) is 0 Å². The fourth-order valence-electron chi connectivity index (χ4n) is 3.34. The Morgan fingerprint density at radius 1 is 1.08 bits per heavy atom. The molecule has 0 amide bonds. The third-order valence-electron chi connectivity index (χ3n) is 4.76. The number of benzene rings is 2. The smallest absolute Gasteiger partial charge is 0.131 e. The van der Waals surface area contributed by atoms with Crippen molar-refractivity contribution in [3.05, 3.63) is 71.3 Å². The maximum atomic E-state index is 13.7. The SMILES string of the molecule is OC(CNC1CCN(CCc2ccccc2)C1)c1c(F)cccc1F. The normalized spacial score (nSPS) is 19.2. The third kappa shape index (κ3) is 4.84. The van der Waals surface area contributed by atoms with Crippen LogP contribution in [0, 0.1) is 11.6 Å². The zero-order chi connectivity index (χ0) is 17.6. The highest BCUT2D eigenvalue weighted by Crippen LogP contribution is 2.20. The molecule has 1 heterocycles. The summed E-state index contributed by atoms with van der Waals surface area (Å²) < 4.78 is 27.4. The predicted molar refractivity (Wildman–Crippen MR) is 94.3 cm³/mol. The minimum Gasteiger partial charge on any atom is -0.387 e. The zero-order valence-corrected chi connectivity index (χ0v) is 14.2. The van der Waals surface area contributed by atoms with Crippen LogP contribution in [0.15, 0.2) is 48.5 Å². The summed E-state index contributed by atoms with van der Waals surface area (Å²) in [5.41, 5.74) is 1.07. The van der Waals surface area contributed by atoms with E-state index in [1.807, 2.05) is 18.2 Å². The predicted octanol–water partition coefficient (Wildman–Crippen LogP) is 2.90. The highest BCUT2D eigenvalue weighted by molar-refractivity contribution is 5.22. The van der Waals surface area contributed by atoms with Gasteiger partial charge >= 0.3 is 0 Å². The number of rotatable bonds is 7. The molecule has 134 valence electrons. The van der Waals surface area contributed by atoms with E-state index in [9.17, 15) is 13.9 Å². The molecule has 3 rings (SSSR count). The molecular weight excluding hydrogens is 322 g/mol. The molecule has 1 saturated heterocycles. The lowest BCUT2D eigenvalue weighted by Crippen LogP contribution is -2.36. The summed E-state index contributed by atoms with van der Waals surface area (Å²) in [5.74, 6) is -1.41. The first kappa shape index (κ1) is 18.0. The first-order chi connectivity index (χ1) is 12.1. The molecule has 0 aliphatic carbocycles. The molecule has 2 unspecified atom stereocenters. The molecule has 0 saturated carbocycles. The van der Waals surface area contributed by atoms with Crippen LogP contribution in [0.5, 0.6) is 0 Å². The maximum Gasteiger partial charge on any atom is 0.131 e. The van der Waals surface area contributed by atoms with E-state index in [-0.39, 0.29) is 18.2 Å². The average Bonchev–Trinajstić information content (AvgIpc) is 3.07. The van der Waals surface area contributed by atoms with Crippen LogP contribution in [0.1, 0.15) is 23.7 Å². The van der Waals surface area contributed by atoms with Crippen LogP contribution in [0.25, 0.3) is 0 Å². The minimum absolute atomic E-state index is 0.148. The van der Waals surface area contributed by atoms with Gasteiger partial charge in [-0.05, 0) is 37.1 Å². The summed E-state index contributed by atoms with van der Waals surface area (Å²) in [6.45, 7) is 3.02. The molecule has 1 aliphatic rings. The molecule has 3 nitrogen and oxygen atoms in total. The molecule has 0 radical (unpaired) electrons. The number of aliphatic hydroxyl groups is 1. The topological polar surface area (TPSA) is 35.5 Å². The van der Waals surface area contributed by atoms with Crippen LogP contribution in [0.4, 0.5) is 8.78 Å². The van der Waals surface area contributed by atoms with E-state index < -0.39 is 17.7 Å². The van der Waals surface area contributed by atoms with Crippen molar-refractivity contribution in [1.82, 2.24) is 10.2 Å². The first-order valence-electron chi connectivity index (χ1n) is 8.75. The van der Waals surface area contributed by atoms with Gasteiger partial charge in [0.2, 0.25) is 0 Å². The van der Waals surface area contributed by atoms with Gasteiger partial charge in [0.05, 0.1) is 11.7 Å². The molecule has 2 N–H and O–H groups in total. The van der Waals surface area contributed by atoms with Gasteiger partial charge in [0.15, 0.2) is 0 Å². The van der Waals surface area contributed by atoms with Crippen molar-refractivity contribution in [2.45, 2.75) is 25.0 Å². The van der Waals surface area contributed by atoms with Gasteiger partial charge in [-0.3, -0.25) is 0 Å². The lowest BCUT2D eigenvalue weighted by Gasteiger charge is -2.19. The van der Waals surface area contributed by atoms with Gasteiger partial charge in [0, 0.05) is 25.7 Å². The van der Waals surface area contributed by atoms with E-state index in [1.54, 1.807) is 0 Å². The van der Waals surface area contributed by atoms with Gasteiger partial charge < -0.3 is 15.3 Å². The number of nitrogens with one attached hydrogen (secondary N) is 1. The number of halogens is 2. The van der Waals surface area contributed by atoms with Crippen molar-refractivity contribution in [2.24, 2.45) is 0 Å². The Morgan fingerprint density at radius 3 is 2.52 bits per heavy atom. The van der Waals surface area contributed by atoms with Crippen molar-refractivity contribution in [2.75, 3.05) is 26.2 Å². The van der Waals surface area contributed by atoms with E-state index in [2.05, 4.69) is 22.3 Å². The largest absolute Gasteiger partial charge is 0.387 e. The summed E-state index contributed by atoms with van der Waals surface area (Å²) in [7, 11) is 0. The quantitative estimate of drug-likeness (QED) is 0.809. The monoisotopic (exact) mass is 346 g/mol. The fraction of sp³-hybridized carbons (Fsp3) is 0.400. The Kier molecular flexibility index (Phi) is 6.13. The molecule has 2 atom stereocenters. The van der Waals surface area contributed by atoms with Gasteiger partial charge in [0.25, 0.3) is 0 Å². The average molecular weight is 346 g/mol. The highest BCUT2D eigenvalue weighted by Gasteiger charge is 2.24. The number of hydrogen-bond donors (Lipinski definition) is 2. The van der Waals surface area contributed by atoms with Crippen LogP contribution in [0.3, 0.4) is 0 Å². The van der Waals surface area contributed by atoms with Crippen molar-refractivity contribution in [1.29, 1.82) is 0 Å². The summed E-state index contributed by atoms with van der Waals surface area (Å²) in [4.78, 5) is 2.38. The lowest BCUT2D eigenvalue weighted by atomic mass is 10.1. The van der Waals surface area contributed by atoms with Crippen LogP contribution in [-0.4, -0.2) is 42.2 Å². The Bertz CT molecular complexity index is 660. The molecular formula is C20H24F2N2O. The zero-order valence-electron chi connectivity index (χ0n) is 14.2. The van der Waals surface area contributed by atoms with Gasteiger partial charge in [-0.25, -0.2) is 8.78 Å². The van der Waals surface area contributed by atoms with Gasteiger partial charge in [-0.2, -0.15) is 0 Å². The van der Waals surface area contributed by atoms with E-state index in [0.717, 1.165) is 32.5 Å².